The number of hydrogen-bond acceptors (Lipinski definition) is 6. The van der Waals surface area contributed by atoms with E-state index in [1.807, 2.05) is 0 Å². The Bertz CT molecular complexity index is 1240. The highest BCUT2D eigenvalue weighted by Crippen LogP contribution is 2.19. The highest BCUT2D eigenvalue weighted by atomic mass is 16.6. The molecule has 0 aromatic carbocycles. The zero-order valence-corrected chi connectivity index (χ0v) is 52.3. The van der Waals surface area contributed by atoms with Gasteiger partial charge in [0.2, 0.25) is 0 Å². The third-order valence-corrected chi connectivity index (χ3v) is 15.9. The summed E-state index contributed by atoms with van der Waals surface area (Å²) in [6.45, 7) is 6.64. The monoisotopic (exact) mass is 1080 g/mol. The summed E-state index contributed by atoms with van der Waals surface area (Å²) in [6, 6.07) is 0. The molecule has 0 aromatic rings. The van der Waals surface area contributed by atoms with E-state index < -0.39 is 6.10 Å². The van der Waals surface area contributed by atoms with Crippen molar-refractivity contribution in [1.29, 1.82) is 0 Å². The summed E-state index contributed by atoms with van der Waals surface area (Å²) in [6.07, 6.45) is 81.0. The fourth-order valence-electron chi connectivity index (χ4n) is 10.7. The van der Waals surface area contributed by atoms with Gasteiger partial charge in [-0.2, -0.15) is 0 Å². The van der Waals surface area contributed by atoms with E-state index in [1.165, 1.54) is 283 Å². The number of unbranched alkanes of at least 4 members (excludes halogenated alkanes) is 50. The molecule has 6 nitrogen and oxygen atoms in total. The minimum atomic E-state index is -0.775. The Morgan fingerprint density at radius 3 is 0.675 bits per heavy atom. The van der Waals surface area contributed by atoms with Crippen molar-refractivity contribution >= 4 is 17.9 Å². The summed E-state index contributed by atoms with van der Waals surface area (Å²) < 4.78 is 16.9. The predicted molar refractivity (Wildman–Crippen MR) is 335 cm³/mol. The highest BCUT2D eigenvalue weighted by Gasteiger charge is 2.19. The average molecular weight is 1080 g/mol. The Morgan fingerprint density at radius 1 is 0.247 bits per heavy atom. The molecule has 6 heteroatoms. The summed E-state index contributed by atoms with van der Waals surface area (Å²) in [7, 11) is 0. The molecule has 0 saturated carbocycles. The van der Waals surface area contributed by atoms with E-state index in [0.717, 1.165) is 70.6 Å². The molecular weight excluding hydrogens is 949 g/mol. The van der Waals surface area contributed by atoms with Crippen molar-refractivity contribution in [1.82, 2.24) is 0 Å². The molecule has 1 unspecified atom stereocenters. The molecule has 0 fully saturated rings. The van der Waals surface area contributed by atoms with Gasteiger partial charge in [-0.3, -0.25) is 14.4 Å². The first-order valence-electron chi connectivity index (χ1n) is 34.8. The Morgan fingerprint density at radius 2 is 0.429 bits per heavy atom. The second-order valence-corrected chi connectivity index (χ2v) is 23.8. The van der Waals surface area contributed by atoms with E-state index >= 15 is 0 Å². The maximum absolute atomic E-state index is 12.8. The zero-order chi connectivity index (χ0) is 55.7. The van der Waals surface area contributed by atoms with E-state index in [2.05, 4.69) is 45.1 Å². The molecule has 0 N–H and O–H groups in total. The van der Waals surface area contributed by atoms with Crippen LogP contribution in [-0.4, -0.2) is 37.2 Å². The van der Waals surface area contributed by atoms with Crippen molar-refractivity contribution in [3.8, 4) is 0 Å². The summed E-state index contributed by atoms with van der Waals surface area (Å²) in [5.41, 5.74) is 0. The summed E-state index contributed by atoms with van der Waals surface area (Å²) >= 11 is 0. The quantitative estimate of drug-likeness (QED) is 0.0261. The molecule has 0 aromatic heterocycles. The number of hydrogen-bond donors (Lipinski definition) is 0. The van der Waals surface area contributed by atoms with Gasteiger partial charge in [0.15, 0.2) is 6.10 Å². The lowest BCUT2D eigenvalue weighted by Gasteiger charge is -2.18. The molecule has 0 heterocycles. The van der Waals surface area contributed by atoms with Crippen molar-refractivity contribution in [3.63, 3.8) is 0 Å². The molecule has 0 rings (SSSR count). The maximum atomic E-state index is 12.8. The Kier molecular flexibility index (Phi) is 64.6. The minimum absolute atomic E-state index is 0.0729. The van der Waals surface area contributed by atoms with Crippen LogP contribution in [-0.2, 0) is 28.6 Å². The molecule has 77 heavy (non-hydrogen) atoms. The Hall–Kier alpha value is -2.11. The second kappa shape index (κ2) is 66.4. The molecule has 0 bridgehead atoms. The van der Waals surface area contributed by atoms with Crippen LogP contribution in [0.15, 0.2) is 24.3 Å². The van der Waals surface area contributed by atoms with E-state index in [0.29, 0.717) is 19.3 Å². The number of esters is 3. The third kappa shape index (κ3) is 64.6. The standard InChI is InChI=1S/C71H134O6/c1-4-7-10-13-16-19-22-25-26-27-28-29-30-31-32-33-34-35-36-37-38-39-40-41-42-43-44-45-46-47-50-52-55-58-61-64-70(73)76-67-68(77-71(74)65-62-59-56-53-49-24-21-18-15-12-9-6-3)66-75-69(72)63-60-57-54-51-48-23-20-17-14-11-8-5-2/h17-18,20-21,68H,4-16,19,22-67H2,1-3H3/b20-17-,21-18-. The fourth-order valence-corrected chi connectivity index (χ4v) is 10.7. The Balaban J connectivity index is 3.96. The number of carbonyl (C=O) groups excluding carboxylic acids is 3. The number of allylic oxidation sites excluding steroid dienone is 4. The first kappa shape index (κ1) is 74.9. The minimum Gasteiger partial charge on any atom is -0.462 e. The van der Waals surface area contributed by atoms with E-state index in [9.17, 15) is 14.4 Å². The average Bonchev–Trinajstić information content (AvgIpc) is 3.43. The van der Waals surface area contributed by atoms with Crippen molar-refractivity contribution < 1.29 is 28.6 Å². The van der Waals surface area contributed by atoms with Crippen molar-refractivity contribution in [2.75, 3.05) is 13.2 Å². The molecule has 0 saturated heterocycles. The molecule has 454 valence electrons. The van der Waals surface area contributed by atoms with Gasteiger partial charge in [0.1, 0.15) is 13.2 Å². The first-order valence-corrected chi connectivity index (χ1v) is 34.8. The van der Waals surface area contributed by atoms with Gasteiger partial charge in [-0.1, -0.05) is 328 Å². The summed E-state index contributed by atoms with van der Waals surface area (Å²) in [4.78, 5) is 38.2. The van der Waals surface area contributed by atoms with Gasteiger partial charge in [-0.25, -0.2) is 0 Å². The SMILES string of the molecule is CCCCC/C=C\CCCCCCCC(=O)OCC(COC(=O)CCCCCCCCCCCCCCCCCCCCCCCCCCCCCCCCCCCCC)OC(=O)CCCCCCC/C=C\CCCCC. The van der Waals surface area contributed by atoms with Crippen LogP contribution in [0.25, 0.3) is 0 Å². The largest absolute Gasteiger partial charge is 0.462 e. The van der Waals surface area contributed by atoms with E-state index in [-0.39, 0.29) is 31.1 Å². The van der Waals surface area contributed by atoms with Gasteiger partial charge in [0.25, 0.3) is 0 Å². The van der Waals surface area contributed by atoms with Crippen molar-refractivity contribution in [2.24, 2.45) is 0 Å². The third-order valence-electron chi connectivity index (χ3n) is 15.9. The van der Waals surface area contributed by atoms with Crippen LogP contribution in [0.4, 0.5) is 0 Å². The topological polar surface area (TPSA) is 78.9 Å². The lowest BCUT2D eigenvalue weighted by molar-refractivity contribution is -0.167. The van der Waals surface area contributed by atoms with Crippen LogP contribution in [0.2, 0.25) is 0 Å². The summed E-state index contributed by atoms with van der Waals surface area (Å²) in [5, 5.41) is 0. The lowest BCUT2D eigenvalue weighted by atomic mass is 10.0. The van der Waals surface area contributed by atoms with Crippen LogP contribution in [0.1, 0.15) is 393 Å². The van der Waals surface area contributed by atoms with Crippen LogP contribution in [0.5, 0.6) is 0 Å². The normalized spacial score (nSPS) is 12.1. The van der Waals surface area contributed by atoms with E-state index in [4.69, 9.17) is 14.2 Å². The second-order valence-electron chi connectivity index (χ2n) is 23.8. The molecule has 1 atom stereocenters. The van der Waals surface area contributed by atoms with Crippen LogP contribution in [0, 0.1) is 0 Å². The smallest absolute Gasteiger partial charge is 0.306 e. The van der Waals surface area contributed by atoms with Gasteiger partial charge in [-0.05, 0) is 70.6 Å². The van der Waals surface area contributed by atoms with Gasteiger partial charge < -0.3 is 14.2 Å². The molecule has 0 amide bonds. The molecule has 0 radical (unpaired) electrons. The molecule has 0 aliphatic carbocycles. The van der Waals surface area contributed by atoms with E-state index in [1.54, 1.807) is 0 Å². The van der Waals surface area contributed by atoms with Gasteiger partial charge in [0, 0.05) is 19.3 Å². The molecular formula is C71H134O6. The first-order chi connectivity index (χ1) is 38.0. The molecule has 0 aliphatic rings. The van der Waals surface area contributed by atoms with Gasteiger partial charge >= 0.3 is 17.9 Å². The maximum Gasteiger partial charge on any atom is 0.306 e. The van der Waals surface area contributed by atoms with Crippen LogP contribution in [0.3, 0.4) is 0 Å². The Labute approximate surface area is 481 Å². The molecule has 0 aliphatic heterocycles. The fraction of sp³-hybridized carbons (Fsp3) is 0.901. The number of carbonyl (C=O) groups is 3. The van der Waals surface area contributed by atoms with Crippen LogP contribution >= 0.6 is 0 Å². The summed E-state index contributed by atoms with van der Waals surface area (Å²) in [5.74, 6) is -0.870. The van der Waals surface area contributed by atoms with Crippen LogP contribution < -0.4 is 0 Å². The van der Waals surface area contributed by atoms with Gasteiger partial charge in [0.05, 0.1) is 0 Å². The lowest BCUT2D eigenvalue weighted by Crippen LogP contribution is -2.30. The highest BCUT2D eigenvalue weighted by molar-refractivity contribution is 5.71. The molecule has 0 spiro atoms. The number of ether oxygens (including phenoxy) is 3. The van der Waals surface area contributed by atoms with Crippen molar-refractivity contribution in [2.45, 2.75) is 399 Å². The predicted octanol–water partition coefficient (Wildman–Crippen LogP) is 23.8. The number of rotatable bonds is 65. The van der Waals surface area contributed by atoms with Gasteiger partial charge in [-0.15, -0.1) is 0 Å². The zero-order valence-electron chi connectivity index (χ0n) is 52.3. The van der Waals surface area contributed by atoms with Crippen molar-refractivity contribution in [3.05, 3.63) is 24.3 Å².